The van der Waals surface area contributed by atoms with Gasteiger partial charge < -0.3 is 4.74 Å². The number of hydrogen-bond donors (Lipinski definition) is 0. The van der Waals surface area contributed by atoms with Gasteiger partial charge >= 0.3 is 12.1 Å². The molecule has 7 heteroatoms. The Morgan fingerprint density at radius 3 is 2.42 bits per heavy atom. The smallest absolute Gasteiger partial charge is 0.393 e. The summed E-state index contributed by atoms with van der Waals surface area (Å²) in [6.45, 7) is 0. The van der Waals surface area contributed by atoms with Crippen LogP contribution in [0.25, 0.3) is 0 Å². The van der Waals surface area contributed by atoms with Crippen molar-refractivity contribution in [3.8, 4) is 0 Å². The molecule has 0 radical (unpaired) electrons. The second kappa shape index (κ2) is 6.06. The predicted octanol–water partition coefficient (Wildman–Crippen LogP) is 3.19. The zero-order chi connectivity index (χ0) is 14.6. The summed E-state index contributed by atoms with van der Waals surface area (Å²) < 4.78 is 41.0. The number of carbonyl (C=O) groups excluding carboxylic acids is 2. The van der Waals surface area contributed by atoms with E-state index in [0.717, 1.165) is 19.2 Å². The van der Waals surface area contributed by atoms with E-state index in [1.807, 2.05) is 0 Å². The fraction of sp³-hybridized carbons (Fsp3) is 0.333. The first-order valence-corrected chi connectivity index (χ1v) is 5.56. The quantitative estimate of drug-likeness (QED) is 0.486. The molecular weight excluding hydrogens is 285 g/mol. The molecule has 0 bridgehead atoms. The van der Waals surface area contributed by atoms with Crippen LogP contribution < -0.4 is 0 Å². The number of rotatable bonds is 4. The molecule has 1 rings (SSSR count). The number of esters is 1. The van der Waals surface area contributed by atoms with Gasteiger partial charge in [-0.25, -0.2) is 0 Å². The van der Waals surface area contributed by atoms with Gasteiger partial charge in [0.05, 0.1) is 13.5 Å². The molecule has 19 heavy (non-hydrogen) atoms. The third kappa shape index (κ3) is 4.90. The van der Waals surface area contributed by atoms with Crippen LogP contribution in [0.2, 0.25) is 5.02 Å². The molecule has 0 heterocycles. The number of methoxy groups -OCH3 is 1. The van der Waals surface area contributed by atoms with Gasteiger partial charge in [-0.1, -0.05) is 23.7 Å². The number of Topliss-reactive ketones (excluding diaryl/α,β-unsaturated/α-hetero) is 1. The van der Waals surface area contributed by atoms with E-state index < -0.39 is 30.8 Å². The first-order chi connectivity index (χ1) is 8.73. The number of alkyl halides is 3. The number of hydrogen-bond acceptors (Lipinski definition) is 3. The van der Waals surface area contributed by atoms with Crippen molar-refractivity contribution < 1.29 is 27.5 Å². The maximum absolute atomic E-state index is 12.2. The molecule has 104 valence electrons. The Morgan fingerprint density at radius 1 is 1.32 bits per heavy atom. The van der Waals surface area contributed by atoms with Gasteiger partial charge in [-0.15, -0.1) is 0 Å². The lowest BCUT2D eigenvalue weighted by molar-refractivity contribution is -0.139. The summed E-state index contributed by atoms with van der Waals surface area (Å²) in [4.78, 5) is 22.5. The molecule has 0 amide bonds. The van der Waals surface area contributed by atoms with E-state index in [4.69, 9.17) is 11.6 Å². The summed E-state index contributed by atoms with van der Waals surface area (Å²) >= 11 is 5.68. The first kappa shape index (κ1) is 15.5. The van der Waals surface area contributed by atoms with Gasteiger partial charge in [0.15, 0.2) is 5.78 Å². The molecule has 0 fully saturated rings. The molecule has 1 aromatic rings. The lowest BCUT2D eigenvalue weighted by Crippen LogP contribution is -2.13. The molecule has 0 spiro atoms. The molecule has 0 aliphatic carbocycles. The van der Waals surface area contributed by atoms with Crippen LogP contribution in [0.5, 0.6) is 0 Å². The molecule has 0 saturated carbocycles. The van der Waals surface area contributed by atoms with Crippen LogP contribution in [-0.2, 0) is 16.0 Å². The van der Waals surface area contributed by atoms with Gasteiger partial charge in [-0.05, 0) is 11.6 Å². The highest BCUT2D eigenvalue weighted by Gasteiger charge is 2.29. The zero-order valence-corrected chi connectivity index (χ0v) is 10.6. The number of ketones is 1. The van der Waals surface area contributed by atoms with E-state index in [1.165, 1.54) is 6.07 Å². The van der Waals surface area contributed by atoms with Gasteiger partial charge in [0, 0.05) is 10.6 Å². The summed E-state index contributed by atoms with van der Waals surface area (Å²) in [7, 11) is 1.13. The largest absolute Gasteiger partial charge is 0.469 e. The number of benzene rings is 1. The van der Waals surface area contributed by atoms with Crippen molar-refractivity contribution in [3.63, 3.8) is 0 Å². The topological polar surface area (TPSA) is 43.4 Å². The SMILES string of the molecule is COC(=O)CC(=O)c1ccc(CC(F)(F)F)c(Cl)c1. The van der Waals surface area contributed by atoms with E-state index >= 15 is 0 Å². The van der Waals surface area contributed by atoms with Gasteiger partial charge in [0.25, 0.3) is 0 Å². The normalized spacial score (nSPS) is 11.2. The third-order valence-corrected chi connectivity index (χ3v) is 2.65. The van der Waals surface area contributed by atoms with E-state index in [9.17, 15) is 22.8 Å². The molecule has 0 unspecified atom stereocenters. The Kier molecular flexibility index (Phi) is 4.94. The van der Waals surface area contributed by atoms with Crippen molar-refractivity contribution in [2.24, 2.45) is 0 Å². The zero-order valence-electron chi connectivity index (χ0n) is 9.88. The predicted molar refractivity (Wildman–Crippen MR) is 62.2 cm³/mol. The lowest BCUT2D eigenvalue weighted by Gasteiger charge is -2.09. The first-order valence-electron chi connectivity index (χ1n) is 5.18. The van der Waals surface area contributed by atoms with Crippen LogP contribution >= 0.6 is 11.6 Å². The highest BCUT2D eigenvalue weighted by molar-refractivity contribution is 6.31. The van der Waals surface area contributed by atoms with Crippen molar-refractivity contribution in [3.05, 3.63) is 34.3 Å². The van der Waals surface area contributed by atoms with E-state index in [1.54, 1.807) is 0 Å². The van der Waals surface area contributed by atoms with E-state index in [2.05, 4.69) is 4.74 Å². The summed E-state index contributed by atoms with van der Waals surface area (Å²) in [6.07, 6.45) is -6.02. The Balaban J connectivity index is 2.88. The van der Waals surface area contributed by atoms with Crippen LogP contribution in [0, 0.1) is 0 Å². The minimum absolute atomic E-state index is 0.0707. The second-order valence-electron chi connectivity index (χ2n) is 3.77. The molecule has 0 aliphatic rings. The molecule has 0 aromatic heterocycles. The number of ether oxygens (including phenoxy) is 1. The van der Waals surface area contributed by atoms with Crippen molar-refractivity contribution in [2.75, 3.05) is 7.11 Å². The molecule has 0 saturated heterocycles. The van der Waals surface area contributed by atoms with Crippen LogP contribution in [0.3, 0.4) is 0 Å². The number of carbonyl (C=O) groups is 2. The van der Waals surface area contributed by atoms with Crippen molar-refractivity contribution in [1.29, 1.82) is 0 Å². The molecule has 0 N–H and O–H groups in total. The molecule has 0 aliphatic heterocycles. The third-order valence-electron chi connectivity index (χ3n) is 2.30. The lowest BCUT2D eigenvalue weighted by atomic mass is 10.0. The van der Waals surface area contributed by atoms with Crippen LogP contribution in [-0.4, -0.2) is 25.0 Å². The molecule has 1 aromatic carbocycles. The average Bonchev–Trinajstić information content (AvgIpc) is 2.29. The fourth-order valence-corrected chi connectivity index (χ4v) is 1.63. The van der Waals surface area contributed by atoms with Crippen LogP contribution in [0.1, 0.15) is 22.3 Å². The Morgan fingerprint density at radius 2 is 1.95 bits per heavy atom. The van der Waals surface area contributed by atoms with Crippen LogP contribution in [0.15, 0.2) is 18.2 Å². The second-order valence-corrected chi connectivity index (χ2v) is 4.18. The average molecular weight is 295 g/mol. The summed E-state index contributed by atoms with van der Waals surface area (Å²) in [5.41, 5.74) is -0.0508. The minimum Gasteiger partial charge on any atom is -0.469 e. The van der Waals surface area contributed by atoms with Crippen LogP contribution in [0.4, 0.5) is 13.2 Å². The number of halogens is 4. The molecule has 3 nitrogen and oxygen atoms in total. The van der Waals surface area contributed by atoms with Gasteiger partial charge in [-0.3, -0.25) is 9.59 Å². The maximum atomic E-state index is 12.2. The Labute approximate surface area is 112 Å². The maximum Gasteiger partial charge on any atom is 0.393 e. The fourth-order valence-electron chi connectivity index (χ4n) is 1.39. The Bertz CT molecular complexity index is 497. The highest BCUT2D eigenvalue weighted by atomic mass is 35.5. The standard InChI is InChI=1S/C12H10ClF3O3/c1-19-11(18)5-10(17)7-2-3-8(9(13)4-7)6-12(14,15)16/h2-4H,5-6H2,1H3. The molecular formula is C12H10ClF3O3. The summed E-state index contributed by atoms with van der Waals surface area (Å²) in [5, 5.41) is -0.159. The Hall–Kier alpha value is -1.56. The van der Waals surface area contributed by atoms with E-state index in [0.29, 0.717) is 0 Å². The van der Waals surface area contributed by atoms with Crippen molar-refractivity contribution >= 4 is 23.4 Å². The van der Waals surface area contributed by atoms with Gasteiger partial charge in [-0.2, -0.15) is 13.2 Å². The minimum atomic E-state index is -4.37. The summed E-state index contributed by atoms with van der Waals surface area (Å²) in [6, 6.07) is 3.45. The van der Waals surface area contributed by atoms with Crippen molar-refractivity contribution in [1.82, 2.24) is 0 Å². The highest BCUT2D eigenvalue weighted by Crippen LogP contribution is 2.27. The monoisotopic (exact) mass is 294 g/mol. The van der Waals surface area contributed by atoms with E-state index in [-0.39, 0.29) is 16.1 Å². The van der Waals surface area contributed by atoms with Gasteiger partial charge in [0.2, 0.25) is 0 Å². The van der Waals surface area contributed by atoms with Gasteiger partial charge in [0.1, 0.15) is 6.42 Å². The molecule has 0 atom stereocenters. The van der Waals surface area contributed by atoms with Crippen molar-refractivity contribution in [2.45, 2.75) is 19.0 Å². The summed E-state index contributed by atoms with van der Waals surface area (Å²) in [5.74, 6) is -1.28.